The Labute approximate surface area is 219 Å². The highest BCUT2D eigenvalue weighted by Gasteiger charge is 2.23. The number of hydrogen-bond donors (Lipinski definition) is 3. The number of benzene rings is 2. The molecule has 4 N–H and O–H groups in total. The van der Waals surface area contributed by atoms with Crippen LogP contribution >= 0.6 is 12.4 Å². The van der Waals surface area contributed by atoms with Crippen molar-refractivity contribution in [1.29, 1.82) is 5.41 Å². The molecule has 2 heterocycles. The first-order chi connectivity index (χ1) is 17.2. The van der Waals surface area contributed by atoms with Crippen LogP contribution in [0.3, 0.4) is 0 Å². The molecule has 0 fully saturated rings. The first-order valence-electron chi connectivity index (χ1n) is 11.2. The van der Waals surface area contributed by atoms with Crippen molar-refractivity contribution in [3.63, 3.8) is 0 Å². The molecule has 190 valence electrons. The fraction of sp³-hybridized carbons (Fsp3) is 0.148. The van der Waals surface area contributed by atoms with Crippen molar-refractivity contribution in [2.45, 2.75) is 12.8 Å². The van der Waals surface area contributed by atoms with Crippen LogP contribution in [0.1, 0.15) is 38.4 Å². The summed E-state index contributed by atoms with van der Waals surface area (Å²) in [5, 5.41) is 17.6. The van der Waals surface area contributed by atoms with E-state index in [1.54, 1.807) is 60.3 Å². The number of carboxylic acid groups (broad SMARTS) is 1. The third kappa shape index (κ3) is 6.02. The van der Waals surface area contributed by atoms with Gasteiger partial charge in [0.1, 0.15) is 18.1 Å². The maximum atomic E-state index is 13.1. The van der Waals surface area contributed by atoms with Gasteiger partial charge in [-0.1, -0.05) is 36.4 Å². The van der Waals surface area contributed by atoms with Crippen molar-refractivity contribution in [3.8, 4) is 0 Å². The Kier molecular flexibility index (Phi) is 8.41. The third-order valence-corrected chi connectivity index (χ3v) is 5.91. The number of halogens is 1. The number of amidine groups is 1. The Balaban J connectivity index is 0.00000380. The summed E-state index contributed by atoms with van der Waals surface area (Å²) in [7, 11) is 1.80. The van der Waals surface area contributed by atoms with E-state index >= 15 is 0 Å². The first kappa shape index (κ1) is 27.1. The van der Waals surface area contributed by atoms with Crippen molar-refractivity contribution in [2.75, 3.05) is 11.4 Å². The Morgan fingerprint density at radius 3 is 2.43 bits per heavy atom. The first-order valence-corrected chi connectivity index (χ1v) is 11.2. The lowest BCUT2D eigenvalue weighted by Gasteiger charge is -2.21. The number of aryl methyl sites for hydroxylation is 2. The molecule has 0 unspecified atom stereocenters. The van der Waals surface area contributed by atoms with Crippen molar-refractivity contribution >= 4 is 52.5 Å². The fourth-order valence-corrected chi connectivity index (χ4v) is 4.05. The number of aliphatic carboxylic acids is 1. The minimum atomic E-state index is -1.15. The Bertz CT molecular complexity index is 1470. The molecular weight excluding hydrogens is 494 g/mol. The number of hydrogen-bond acceptors (Lipinski definition) is 5. The van der Waals surface area contributed by atoms with Gasteiger partial charge >= 0.3 is 5.97 Å². The second kappa shape index (κ2) is 11.5. The van der Waals surface area contributed by atoms with E-state index < -0.39 is 18.4 Å². The smallest absolute Gasteiger partial charge is 0.323 e. The van der Waals surface area contributed by atoms with Crippen LogP contribution in [0.15, 0.2) is 73.1 Å². The summed E-state index contributed by atoms with van der Waals surface area (Å²) in [5.41, 5.74) is 8.88. The number of anilines is 1. The molecule has 0 saturated carbocycles. The number of nitrogens with two attached hydrogens (primary N) is 1. The molecule has 2 aromatic carbocycles. The lowest BCUT2D eigenvalue weighted by Crippen LogP contribution is -2.36. The number of amides is 1. The number of ketones is 1. The highest BCUT2D eigenvalue weighted by molar-refractivity contribution is 6.11. The van der Waals surface area contributed by atoms with Crippen LogP contribution in [-0.4, -0.2) is 44.7 Å². The summed E-state index contributed by atoms with van der Waals surface area (Å²) in [4.78, 5) is 42.8. The molecule has 0 aliphatic carbocycles. The third-order valence-electron chi connectivity index (χ3n) is 5.91. The van der Waals surface area contributed by atoms with Gasteiger partial charge in [0.05, 0.1) is 5.52 Å². The summed E-state index contributed by atoms with van der Waals surface area (Å²) in [6.07, 6.45) is 4.06. The van der Waals surface area contributed by atoms with E-state index in [2.05, 4.69) is 4.98 Å². The molecular formula is C27H26ClN5O4. The van der Waals surface area contributed by atoms with Crippen LogP contribution in [-0.2, 0) is 18.3 Å². The number of rotatable bonds is 9. The van der Waals surface area contributed by atoms with Gasteiger partial charge in [-0.2, -0.15) is 0 Å². The number of nitrogens with zero attached hydrogens (tertiary/aromatic N) is 3. The van der Waals surface area contributed by atoms with E-state index in [0.717, 1.165) is 15.8 Å². The average molecular weight is 520 g/mol. The molecule has 0 aliphatic rings. The lowest BCUT2D eigenvalue weighted by atomic mass is 10.0. The second-order valence-corrected chi connectivity index (χ2v) is 8.39. The number of fused-ring (bicyclic) bond motifs is 1. The molecule has 1 amide bonds. The van der Waals surface area contributed by atoms with Crippen molar-refractivity contribution in [2.24, 2.45) is 12.8 Å². The van der Waals surface area contributed by atoms with Gasteiger partial charge in [0.2, 0.25) is 0 Å². The summed E-state index contributed by atoms with van der Waals surface area (Å²) in [6, 6.07) is 17.2. The predicted molar refractivity (Wildman–Crippen MR) is 144 cm³/mol. The Hall–Kier alpha value is -4.50. The zero-order chi connectivity index (χ0) is 25.8. The van der Waals surface area contributed by atoms with Crippen molar-refractivity contribution in [3.05, 3.63) is 95.4 Å². The fourth-order valence-electron chi connectivity index (χ4n) is 4.05. The van der Waals surface area contributed by atoms with Crippen LogP contribution in [0.4, 0.5) is 5.69 Å². The van der Waals surface area contributed by atoms with Crippen LogP contribution in [0.2, 0.25) is 0 Å². The van der Waals surface area contributed by atoms with Crippen molar-refractivity contribution in [1.82, 2.24) is 9.55 Å². The Morgan fingerprint density at radius 2 is 1.81 bits per heavy atom. The van der Waals surface area contributed by atoms with Crippen LogP contribution in [0, 0.1) is 5.41 Å². The number of nitrogens with one attached hydrogen (secondary N) is 1. The molecule has 0 bridgehead atoms. The van der Waals surface area contributed by atoms with Crippen molar-refractivity contribution < 1.29 is 19.5 Å². The number of nitrogen functional groups attached to an aromatic ring is 1. The molecule has 37 heavy (non-hydrogen) atoms. The monoisotopic (exact) mass is 519 g/mol. The largest absolute Gasteiger partial charge is 0.480 e. The second-order valence-electron chi connectivity index (χ2n) is 8.39. The van der Waals surface area contributed by atoms with Gasteiger partial charge in [-0.3, -0.25) is 29.7 Å². The Morgan fingerprint density at radius 1 is 1.08 bits per heavy atom. The molecule has 0 radical (unpaired) electrons. The number of carbonyl (C=O) groups is 3. The summed E-state index contributed by atoms with van der Waals surface area (Å²) >= 11 is 0. The highest BCUT2D eigenvalue weighted by Crippen LogP contribution is 2.28. The van der Waals surface area contributed by atoms with Gasteiger partial charge in [0.15, 0.2) is 5.78 Å². The molecule has 0 aliphatic heterocycles. The van der Waals surface area contributed by atoms with E-state index in [4.69, 9.17) is 11.1 Å². The maximum Gasteiger partial charge on any atom is 0.323 e. The predicted octanol–water partition coefficient (Wildman–Crippen LogP) is 3.83. The molecule has 4 rings (SSSR count). The standard InChI is InChI=1S/C27H25N5O4.ClH/c1-31-15-21(24(33)12-7-17-5-8-18(9-6-17)26(28)29)20-11-10-19(14-23(20)31)32(16-25(34)35)27(36)22-4-2-3-13-30-22;/h2-6,8-11,13-15H,7,12,16H2,1H3,(H3,28,29)(H,34,35);1H. The summed E-state index contributed by atoms with van der Waals surface area (Å²) < 4.78 is 1.79. The maximum absolute atomic E-state index is 13.1. The van der Waals surface area contributed by atoms with Gasteiger partial charge < -0.3 is 15.4 Å². The molecule has 0 saturated heterocycles. The molecule has 9 nitrogen and oxygen atoms in total. The van der Waals surface area contributed by atoms with Crippen LogP contribution in [0.5, 0.6) is 0 Å². The van der Waals surface area contributed by atoms with Crippen LogP contribution < -0.4 is 10.6 Å². The summed E-state index contributed by atoms with van der Waals surface area (Å²) in [5.74, 6) is -1.72. The molecule has 0 atom stereocenters. The summed E-state index contributed by atoms with van der Waals surface area (Å²) in [6.45, 7) is -0.528. The zero-order valence-electron chi connectivity index (χ0n) is 20.0. The minimum absolute atomic E-state index is 0. The highest BCUT2D eigenvalue weighted by atomic mass is 35.5. The van der Waals surface area contributed by atoms with E-state index in [0.29, 0.717) is 35.2 Å². The van der Waals surface area contributed by atoms with Crippen LogP contribution in [0.25, 0.3) is 10.9 Å². The van der Waals surface area contributed by atoms with Gasteiger partial charge in [-0.15, -0.1) is 12.4 Å². The van der Waals surface area contributed by atoms with Gasteiger partial charge in [-0.25, -0.2) is 0 Å². The average Bonchev–Trinajstić information content (AvgIpc) is 3.22. The topological polar surface area (TPSA) is 142 Å². The van der Waals surface area contributed by atoms with Gasteiger partial charge in [0.25, 0.3) is 5.91 Å². The molecule has 2 aromatic heterocycles. The quantitative estimate of drug-likeness (QED) is 0.174. The number of carbonyl (C=O) groups excluding carboxylic acids is 2. The van der Waals surface area contributed by atoms with Gasteiger partial charge in [-0.05, 0) is 36.2 Å². The van der Waals surface area contributed by atoms with Gasteiger partial charge in [0, 0.05) is 48.1 Å². The molecule has 4 aromatic rings. The molecule has 10 heteroatoms. The lowest BCUT2D eigenvalue weighted by molar-refractivity contribution is -0.135. The van der Waals surface area contributed by atoms with E-state index in [1.165, 1.54) is 12.3 Å². The number of aromatic nitrogens is 2. The normalized spacial score (nSPS) is 10.5. The number of pyridine rings is 1. The minimum Gasteiger partial charge on any atom is -0.480 e. The van der Waals surface area contributed by atoms with E-state index in [9.17, 15) is 19.5 Å². The SMILES string of the molecule is Cl.Cn1cc(C(=O)CCc2ccc(C(=N)N)cc2)c2ccc(N(CC(=O)O)C(=O)c3ccccn3)cc21. The molecule has 0 spiro atoms. The number of carboxylic acids is 1. The van der Waals surface area contributed by atoms with E-state index in [-0.39, 0.29) is 29.7 Å². The van der Waals surface area contributed by atoms with E-state index in [1.807, 2.05) is 12.1 Å². The number of Topliss-reactive ketones (excluding diaryl/α,β-unsaturated/α-hetero) is 1. The zero-order valence-corrected chi connectivity index (χ0v) is 20.9.